The van der Waals surface area contributed by atoms with Crippen LogP contribution in [0.1, 0.15) is 10.5 Å². The van der Waals surface area contributed by atoms with Gasteiger partial charge in [0.2, 0.25) is 6.20 Å². The Morgan fingerprint density at radius 2 is 2.00 bits per heavy atom. The average Bonchev–Trinajstić information content (AvgIpc) is 2.04. The van der Waals surface area contributed by atoms with Crippen molar-refractivity contribution >= 4 is 5.78 Å². The Morgan fingerprint density at radius 1 is 1.38 bits per heavy atom. The van der Waals surface area contributed by atoms with Crippen LogP contribution in [-0.2, 0) is 0 Å². The van der Waals surface area contributed by atoms with Gasteiger partial charge < -0.3 is 4.70 Å². The predicted octanol–water partition coefficient (Wildman–Crippen LogP) is -1.84. The van der Waals surface area contributed by atoms with E-state index in [1.165, 1.54) is 12.1 Å². The molecule has 0 saturated carbocycles. The van der Waals surface area contributed by atoms with E-state index in [-0.39, 0.29) is 9.49 Å². The maximum absolute atomic E-state index is 12.6. The standard InChI is InChI=1S/C7H5F3NO.FH/c8-7(9)6(12)5-3-1-2-4-11(5)10;/h1-4,7H;1H/q+1;/p-1. The summed E-state index contributed by atoms with van der Waals surface area (Å²) in [7, 11) is 0. The molecule has 0 amide bonds. The molecule has 72 valence electrons. The average molecular weight is 195 g/mol. The van der Waals surface area contributed by atoms with Gasteiger partial charge in [-0.1, -0.05) is 0 Å². The number of pyridine rings is 1. The lowest BCUT2D eigenvalue weighted by molar-refractivity contribution is -0.845. The summed E-state index contributed by atoms with van der Waals surface area (Å²) in [6.07, 6.45) is -2.29. The van der Waals surface area contributed by atoms with Crippen LogP contribution in [-0.4, -0.2) is 12.2 Å². The Bertz CT molecular complexity index is 302. The molecular weight excluding hydrogens is 190 g/mol. The lowest BCUT2D eigenvalue weighted by Crippen LogP contribution is -3.00. The molecule has 0 aromatic carbocycles. The van der Waals surface area contributed by atoms with Crippen molar-refractivity contribution < 1.29 is 27.6 Å². The van der Waals surface area contributed by atoms with Crippen molar-refractivity contribution in [3.05, 3.63) is 30.1 Å². The van der Waals surface area contributed by atoms with Gasteiger partial charge in [0.1, 0.15) is 0 Å². The molecule has 0 fully saturated rings. The summed E-state index contributed by atoms with van der Waals surface area (Å²) in [5.41, 5.74) is -0.646. The first-order chi connectivity index (χ1) is 5.63. The van der Waals surface area contributed by atoms with E-state index in [0.717, 1.165) is 12.3 Å². The van der Waals surface area contributed by atoms with Crippen molar-refractivity contribution in [2.45, 2.75) is 6.43 Å². The molecule has 13 heavy (non-hydrogen) atoms. The Kier molecular flexibility index (Phi) is 4.03. The fourth-order valence-corrected chi connectivity index (χ4v) is 0.723. The molecule has 0 bridgehead atoms. The van der Waals surface area contributed by atoms with Crippen LogP contribution in [0.3, 0.4) is 0 Å². The van der Waals surface area contributed by atoms with Crippen LogP contribution in [0.15, 0.2) is 24.4 Å². The van der Waals surface area contributed by atoms with Crippen LogP contribution in [0.25, 0.3) is 0 Å². The van der Waals surface area contributed by atoms with Gasteiger partial charge >= 0.3 is 12.1 Å². The summed E-state index contributed by atoms with van der Waals surface area (Å²) in [4.78, 5) is 10.4. The van der Waals surface area contributed by atoms with Gasteiger partial charge in [-0.05, 0) is 6.07 Å². The van der Waals surface area contributed by atoms with Gasteiger partial charge in [-0.2, -0.15) is 0 Å². The number of alkyl halides is 2. The number of Topliss-reactive ketones (excluding diaryl/α,β-unsaturated/α-hetero) is 1. The third kappa shape index (κ3) is 2.50. The fourth-order valence-electron chi connectivity index (χ4n) is 0.723. The topological polar surface area (TPSA) is 20.9 Å². The summed E-state index contributed by atoms with van der Waals surface area (Å²) in [6.45, 7) is 0. The second-order valence-electron chi connectivity index (χ2n) is 2.06. The number of halogens is 4. The van der Waals surface area contributed by atoms with Crippen LogP contribution < -0.4 is 9.49 Å². The Morgan fingerprint density at radius 3 is 2.46 bits per heavy atom. The molecule has 2 nitrogen and oxygen atoms in total. The molecule has 0 saturated heterocycles. The highest BCUT2D eigenvalue weighted by Gasteiger charge is 2.27. The van der Waals surface area contributed by atoms with Crippen molar-refractivity contribution in [3.63, 3.8) is 0 Å². The summed E-state index contributed by atoms with van der Waals surface area (Å²) in [5, 5.41) is 0. The quantitative estimate of drug-likeness (QED) is 0.401. The molecule has 1 heterocycles. The molecule has 0 unspecified atom stereocenters. The SMILES string of the molecule is O=C(c1cccc[n+]1F)C(F)F.[F-]. The van der Waals surface area contributed by atoms with Gasteiger partial charge in [0.15, 0.2) is 0 Å². The Balaban J connectivity index is 0.00000144. The van der Waals surface area contributed by atoms with E-state index >= 15 is 0 Å². The number of hydrogen-bond donors (Lipinski definition) is 0. The number of nitrogens with zero attached hydrogens (tertiary/aromatic N) is 1. The van der Waals surface area contributed by atoms with Gasteiger partial charge in [-0.3, -0.25) is 4.79 Å². The third-order valence-electron chi connectivity index (χ3n) is 1.26. The molecule has 0 aliphatic carbocycles. The summed E-state index contributed by atoms with van der Waals surface area (Å²) in [6, 6.07) is 3.60. The van der Waals surface area contributed by atoms with Gasteiger partial charge in [-0.15, -0.1) is 0 Å². The van der Waals surface area contributed by atoms with Crippen LogP contribution >= 0.6 is 0 Å². The van der Waals surface area contributed by atoms with E-state index < -0.39 is 17.9 Å². The Hall–Kier alpha value is -1.46. The van der Waals surface area contributed by atoms with E-state index in [9.17, 15) is 18.1 Å². The molecule has 1 rings (SSSR count). The van der Waals surface area contributed by atoms with Crippen LogP contribution in [0.5, 0.6) is 0 Å². The van der Waals surface area contributed by atoms with Gasteiger partial charge in [0, 0.05) is 16.9 Å². The first kappa shape index (κ1) is 11.5. The van der Waals surface area contributed by atoms with Crippen LogP contribution in [0.4, 0.5) is 13.3 Å². The Labute approximate surface area is 70.9 Å². The van der Waals surface area contributed by atoms with E-state index in [0.29, 0.717) is 0 Å². The molecule has 0 atom stereocenters. The zero-order valence-corrected chi connectivity index (χ0v) is 6.25. The summed E-state index contributed by atoms with van der Waals surface area (Å²) in [5.74, 6) is -1.52. The van der Waals surface area contributed by atoms with Crippen molar-refractivity contribution in [3.8, 4) is 0 Å². The highest BCUT2D eigenvalue weighted by molar-refractivity contribution is 5.95. The normalized spacial score (nSPS) is 9.54. The number of hydrogen-bond acceptors (Lipinski definition) is 1. The third-order valence-corrected chi connectivity index (χ3v) is 1.26. The molecule has 0 radical (unpaired) electrons. The van der Waals surface area contributed by atoms with Crippen LogP contribution in [0, 0.1) is 0 Å². The molecule has 0 N–H and O–H groups in total. The first-order valence-electron chi connectivity index (χ1n) is 3.12. The van der Waals surface area contributed by atoms with Crippen LogP contribution in [0.2, 0.25) is 0 Å². The minimum Gasteiger partial charge on any atom is -1.00 e. The second kappa shape index (κ2) is 4.54. The number of ketones is 1. The fraction of sp³-hybridized carbons (Fsp3) is 0.143. The largest absolute Gasteiger partial charge is 1.00 e. The zero-order chi connectivity index (χ0) is 9.14. The van der Waals surface area contributed by atoms with E-state index in [1.54, 1.807) is 0 Å². The molecular formula is C7H5F4NO. The maximum atomic E-state index is 12.6. The molecule has 1 aromatic rings. The van der Waals surface area contributed by atoms with Crippen molar-refractivity contribution in [1.29, 1.82) is 0 Å². The number of aromatic nitrogens is 1. The second-order valence-corrected chi connectivity index (χ2v) is 2.06. The maximum Gasteiger partial charge on any atom is 0.306 e. The molecule has 0 aliphatic rings. The predicted molar refractivity (Wildman–Crippen MR) is 33.5 cm³/mol. The van der Waals surface area contributed by atoms with Crippen molar-refractivity contribution in [1.82, 2.24) is 0 Å². The summed E-state index contributed by atoms with van der Waals surface area (Å²) < 4.78 is 36.1. The van der Waals surface area contributed by atoms with Gasteiger partial charge in [-0.25, -0.2) is 8.78 Å². The van der Waals surface area contributed by atoms with Gasteiger partial charge in [0.05, 0.1) is 4.48 Å². The first-order valence-corrected chi connectivity index (χ1v) is 3.12. The highest BCUT2D eigenvalue weighted by atomic mass is 19.3. The minimum absolute atomic E-state index is 0. The number of carbonyl (C=O) groups excluding carboxylic acids is 1. The molecule has 6 heteroatoms. The monoisotopic (exact) mass is 195 g/mol. The molecule has 0 spiro atoms. The van der Waals surface area contributed by atoms with Crippen molar-refractivity contribution in [2.24, 2.45) is 0 Å². The smallest absolute Gasteiger partial charge is 0.306 e. The highest BCUT2D eigenvalue weighted by Crippen LogP contribution is 2.02. The number of rotatable bonds is 2. The minimum atomic E-state index is -3.17. The van der Waals surface area contributed by atoms with Gasteiger partial charge in [0.25, 0.3) is 5.78 Å². The zero-order valence-electron chi connectivity index (χ0n) is 6.25. The lowest BCUT2D eigenvalue weighted by atomic mass is 10.2. The van der Waals surface area contributed by atoms with E-state index in [4.69, 9.17) is 0 Å². The summed E-state index contributed by atoms with van der Waals surface area (Å²) >= 11 is 0. The van der Waals surface area contributed by atoms with Crippen molar-refractivity contribution in [2.75, 3.05) is 0 Å². The lowest BCUT2D eigenvalue weighted by Gasteiger charge is -1.91. The molecule has 0 aliphatic heterocycles. The van der Waals surface area contributed by atoms with E-state index in [1.807, 2.05) is 0 Å². The van der Waals surface area contributed by atoms with E-state index in [2.05, 4.69) is 0 Å². The molecule has 1 aromatic heterocycles. The number of carbonyl (C=O) groups is 1.